The molecule has 0 fully saturated rings. The fraction of sp³-hybridized carbons (Fsp3) is 0.286. The summed E-state index contributed by atoms with van der Waals surface area (Å²) in [4.78, 5) is 27.5. The minimum absolute atomic E-state index is 0.253. The van der Waals surface area contributed by atoms with E-state index in [-0.39, 0.29) is 19.0 Å². The largest absolute Gasteiger partial charge is 0.480 e. The van der Waals surface area contributed by atoms with E-state index in [0.717, 1.165) is 22.2 Å². The lowest BCUT2D eigenvalue weighted by Crippen LogP contribution is -2.44. The molecule has 0 saturated heterocycles. The maximum atomic E-state index is 12.1. The Morgan fingerprint density at radius 3 is 2.95 bits per heavy atom. The average molecular weight is 273 g/mol. The molecule has 1 aliphatic heterocycles. The number of nitrogens with one attached hydrogen (secondary N) is 1. The summed E-state index contributed by atoms with van der Waals surface area (Å²) in [5, 5.41) is 9.95. The highest BCUT2D eigenvalue weighted by Gasteiger charge is 2.30. The SMILES string of the molecule is N[C@H]1Cc2c([nH]c3ccccc23)CN(CC(=O)O)C1=O. The molecule has 0 spiro atoms. The second-order valence-corrected chi connectivity index (χ2v) is 5.03. The van der Waals surface area contributed by atoms with Crippen molar-refractivity contribution in [1.82, 2.24) is 9.88 Å². The molecule has 0 bridgehead atoms. The van der Waals surface area contributed by atoms with Crippen LogP contribution in [0.25, 0.3) is 10.9 Å². The van der Waals surface area contributed by atoms with Gasteiger partial charge in [0.1, 0.15) is 6.54 Å². The zero-order valence-electron chi connectivity index (χ0n) is 10.8. The summed E-state index contributed by atoms with van der Waals surface area (Å²) in [6.45, 7) is -0.0792. The van der Waals surface area contributed by atoms with Gasteiger partial charge in [0.05, 0.1) is 12.6 Å². The van der Waals surface area contributed by atoms with Gasteiger partial charge < -0.3 is 20.7 Å². The summed E-state index contributed by atoms with van der Waals surface area (Å²) < 4.78 is 0. The molecule has 1 aromatic carbocycles. The Morgan fingerprint density at radius 2 is 2.20 bits per heavy atom. The molecule has 3 rings (SSSR count). The maximum absolute atomic E-state index is 12.1. The van der Waals surface area contributed by atoms with E-state index in [1.807, 2.05) is 24.3 Å². The molecule has 4 N–H and O–H groups in total. The van der Waals surface area contributed by atoms with Crippen molar-refractivity contribution in [2.45, 2.75) is 19.0 Å². The molecular formula is C14H15N3O3. The molecule has 1 aromatic heterocycles. The number of H-pyrrole nitrogens is 1. The van der Waals surface area contributed by atoms with Crippen molar-refractivity contribution in [2.75, 3.05) is 6.54 Å². The number of para-hydroxylation sites is 1. The number of rotatable bonds is 2. The lowest BCUT2D eigenvalue weighted by molar-refractivity contribution is -0.145. The van der Waals surface area contributed by atoms with Crippen LogP contribution in [-0.2, 0) is 22.6 Å². The minimum Gasteiger partial charge on any atom is -0.480 e. The van der Waals surface area contributed by atoms with Gasteiger partial charge >= 0.3 is 5.97 Å². The molecule has 20 heavy (non-hydrogen) atoms. The van der Waals surface area contributed by atoms with Crippen LogP contribution in [-0.4, -0.2) is 39.5 Å². The number of fused-ring (bicyclic) bond motifs is 3. The van der Waals surface area contributed by atoms with E-state index < -0.39 is 12.0 Å². The Hall–Kier alpha value is -2.34. The summed E-state index contributed by atoms with van der Waals surface area (Å²) in [7, 11) is 0. The highest BCUT2D eigenvalue weighted by Crippen LogP contribution is 2.27. The van der Waals surface area contributed by atoms with Crippen LogP contribution in [0.3, 0.4) is 0 Å². The number of nitrogens with zero attached hydrogens (tertiary/aromatic N) is 1. The number of amides is 1. The number of benzene rings is 1. The first-order chi connectivity index (χ1) is 9.56. The van der Waals surface area contributed by atoms with Crippen LogP contribution in [0.2, 0.25) is 0 Å². The Balaban J connectivity index is 2.06. The number of hydrogen-bond donors (Lipinski definition) is 3. The van der Waals surface area contributed by atoms with Crippen LogP contribution in [0.1, 0.15) is 11.3 Å². The van der Waals surface area contributed by atoms with E-state index in [1.54, 1.807) is 0 Å². The molecule has 0 aliphatic carbocycles. The number of carboxylic acid groups (broad SMARTS) is 1. The van der Waals surface area contributed by atoms with E-state index in [9.17, 15) is 9.59 Å². The second kappa shape index (κ2) is 4.64. The summed E-state index contributed by atoms with van der Waals surface area (Å²) in [5.41, 5.74) is 8.77. The third kappa shape index (κ3) is 2.04. The van der Waals surface area contributed by atoms with Crippen molar-refractivity contribution >= 4 is 22.8 Å². The number of nitrogens with two attached hydrogens (primary N) is 1. The van der Waals surface area contributed by atoms with E-state index >= 15 is 0 Å². The van der Waals surface area contributed by atoms with Gasteiger partial charge in [0.2, 0.25) is 5.91 Å². The van der Waals surface area contributed by atoms with Gasteiger partial charge in [-0.05, 0) is 18.1 Å². The predicted molar refractivity (Wildman–Crippen MR) is 73.0 cm³/mol. The predicted octanol–water partition coefficient (Wildman–Crippen LogP) is 0.465. The monoisotopic (exact) mass is 273 g/mol. The molecule has 1 atom stereocenters. The smallest absolute Gasteiger partial charge is 0.323 e. The Kier molecular flexibility index (Phi) is 2.94. The van der Waals surface area contributed by atoms with Crippen LogP contribution >= 0.6 is 0 Å². The summed E-state index contributed by atoms with van der Waals surface area (Å²) >= 11 is 0. The molecule has 6 heteroatoms. The number of aromatic nitrogens is 1. The van der Waals surface area contributed by atoms with Crippen LogP contribution in [0.4, 0.5) is 0 Å². The lowest BCUT2D eigenvalue weighted by Gasteiger charge is -2.20. The summed E-state index contributed by atoms with van der Waals surface area (Å²) in [5.74, 6) is -1.36. The number of carbonyl (C=O) groups is 2. The van der Waals surface area contributed by atoms with Gasteiger partial charge in [0.15, 0.2) is 0 Å². The van der Waals surface area contributed by atoms with Crippen molar-refractivity contribution in [2.24, 2.45) is 5.73 Å². The zero-order chi connectivity index (χ0) is 14.3. The fourth-order valence-electron chi connectivity index (χ4n) is 2.73. The number of carboxylic acids is 1. The highest BCUT2D eigenvalue weighted by molar-refractivity contribution is 5.90. The van der Waals surface area contributed by atoms with E-state index in [4.69, 9.17) is 10.8 Å². The molecule has 1 amide bonds. The van der Waals surface area contributed by atoms with E-state index in [1.165, 1.54) is 4.90 Å². The maximum Gasteiger partial charge on any atom is 0.323 e. The fourth-order valence-corrected chi connectivity index (χ4v) is 2.73. The first kappa shape index (κ1) is 12.7. The first-order valence-corrected chi connectivity index (χ1v) is 6.41. The van der Waals surface area contributed by atoms with Gasteiger partial charge in [0.25, 0.3) is 0 Å². The molecule has 6 nitrogen and oxygen atoms in total. The molecule has 2 heterocycles. The van der Waals surface area contributed by atoms with Crippen LogP contribution in [0, 0.1) is 0 Å². The van der Waals surface area contributed by atoms with E-state index in [2.05, 4.69) is 4.98 Å². The third-order valence-electron chi connectivity index (χ3n) is 3.63. The quantitative estimate of drug-likeness (QED) is 0.740. The van der Waals surface area contributed by atoms with Crippen molar-refractivity contribution in [1.29, 1.82) is 0 Å². The van der Waals surface area contributed by atoms with Crippen molar-refractivity contribution in [3.8, 4) is 0 Å². The molecule has 104 valence electrons. The summed E-state index contributed by atoms with van der Waals surface area (Å²) in [6.07, 6.45) is 0.425. The normalized spacial score (nSPS) is 18.9. The third-order valence-corrected chi connectivity index (χ3v) is 3.63. The van der Waals surface area contributed by atoms with Crippen LogP contribution in [0.15, 0.2) is 24.3 Å². The Labute approximate surface area is 115 Å². The molecular weight excluding hydrogens is 258 g/mol. The van der Waals surface area contributed by atoms with Gasteiger partial charge in [-0.3, -0.25) is 9.59 Å². The van der Waals surface area contributed by atoms with Gasteiger partial charge in [-0.25, -0.2) is 0 Å². The van der Waals surface area contributed by atoms with Gasteiger partial charge in [0, 0.05) is 16.6 Å². The first-order valence-electron chi connectivity index (χ1n) is 6.41. The number of aromatic amines is 1. The lowest BCUT2D eigenvalue weighted by atomic mass is 10.0. The number of carbonyl (C=O) groups excluding carboxylic acids is 1. The molecule has 0 radical (unpaired) electrons. The minimum atomic E-state index is -1.04. The topological polar surface area (TPSA) is 99.4 Å². The Bertz CT molecular complexity index is 692. The van der Waals surface area contributed by atoms with Crippen LogP contribution in [0.5, 0.6) is 0 Å². The van der Waals surface area contributed by atoms with E-state index in [0.29, 0.717) is 6.42 Å². The van der Waals surface area contributed by atoms with Crippen molar-refractivity contribution in [3.05, 3.63) is 35.5 Å². The van der Waals surface area contributed by atoms with Crippen LogP contribution < -0.4 is 5.73 Å². The second-order valence-electron chi connectivity index (χ2n) is 5.03. The van der Waals surface area contributed by atoms with Gasteiger partial charge in [-0.1, -0.05) is 18.2 Å². The number of hydrogen-bond acceptors (Lipinski definition) is 3. The van der Waals surface area contributed by atoms with Gasteiger partial charge in [-0.2, -0.15) is 0 Å². The Morgan fingerprint density at radius 1 is 1.45 bits per heavy atom. The number of aliphatic carboxylic acids is 1. The average Bonchev–Trinajstić information content (AvgIpc) is 2.69. The summed E-state index contributed by atoms with van der Waals surface area (Å²) in [6, 6.07) is 7.10. The molecule has 2 aromatic rings. The molecule has 0 saturated carbocycles. The van der Waals surface area contributed by atoms with Crippen molar-refractivity contribution in [3.63, 3.8) is 0 Å². The molecule has 0 unspecified atom stereocenters. The zero-order valence-corrected chi connectivity index (χ0v) is 10.8. The standard InChI is InChI=1S/C14H15N3O3/c15-10-5-9-8-3-1-2-4-11(8)16-12(9)6-17(14(10)20)7-13(18)19/h1-4,10,16H,5-7,15H2,(H,18,19)/t10-/m0/s1. The molecule has 1 aliphatic rings. The van der Waals surface area contributed by atoms with Crippen molar-refractivity contribution < 1.29 is 14.7 Å². The highest BCUT2D eigenvalue weighted by atomic mass is 16.4. The van der Waals surface area contributed by atoms with Gasteiger partial charge in [-0.15, -0.1) is 0 Å².